The number of hydrogen-bond acceptors (Lipinski definition) is 5. The molecule has 8 heteroatoms. The molecule has 0 spiro atoms. The van der Waals surface area contributed by atoms with Gasteiger partial charge in [0.2, 0.25) is 5.91 Å². The second-order valence-corrected chi connectivity index (χ2v) is 9.70. The maximum atomic E-state index is 13.3. The molecule has 6 nitrogen and oxygen atoms in total. The van der Waals surface area contributed by atoms with E-state index in [1.807, 2.05) is 25.3 Å². The van der Waals surface area contributed by atoms with Gasteiger partial charge in [0.1, 0.15) is 6.54 Å². The van der Waals surface area contributed by atoms with Crippen molar-refractivity contribution in [1.29, 1.82) is 0 Å². The molecule has 1 saturated heterocycles. The van der Waals surface area contributed by atoms with Crippen molar-refractivity contribution in [3.63, 3.8) is 0 Å². The van der Waals surface area contributed by atoms with E-state index in [0.717, 1.165) is 27.6 Å². The second kappa shape index (κ2) is 9.65. The molecule has 2 aromatic carbocycles. The van der Waals surface area contributed by atoms with Crippen molar-refractivity contribution in [2.75, 3.05) is 30.3 Å². The standard InChI is InChI=1S/C21H26N2O4S2/c1-16-5-7-17(8-6-16)23(15-21(24)22-14-18-4-3-13-27-18)29(25,26)20-11-9-19(28-2)10-12-20/h5-12,18H,3-4,13-15H2,1-2H3,(H,22,24). The molecule has 0 aromatic heterocycles. The van der Waals surface area contributed by atoms with Crippen molar-refractivity contribution in [1.82, 2.24) is 5.32 Å². The number of anilines is 1. The third kappa shape index (κ3) is 5.52. The minimum absolute atomic E-state index is 0.00229. The van der Waals surface area contributed by atoms with Crippen LogP contribution in [-0.4, -0.2) is 46.4 Å². The molecule has 3 rings (SSSR count). The summed E-state index contributed by atoms with van der Waals surface area (Å²) in [7, 11) is -3.89. The van der Waals surface area contributed by atoms with E-state index < -0.39 is 10.0 Å². The van der Waals surface area contributed by atoms with Crippen LogP contribution >= 0.6 is 11.8 Å². The smallest absolute Gasteiger partial charge is 0.264 e. The highest BCUT2D eigenvalue weighted by Gasteiger charge is 2.27. The lowest BCUT2D eigenvalue weighted by molar-refractivity contribution is -0.120. The van der Waals surface area contributed by atoms with Crippen LogP contribution in [0.15, 0.2) is 58.3 Å². The highest BCUT2D eigenvalue weighted by molar-refractivity contribution is 7.98. The van der Waals surface area contributed by atoms with Gasteiger partial charge in [0.25, 0.3) is 10.0 Å². The van der Waals surface area contributed by atoms with Gasteiger partial charge in [0.15, 0.2) is 0 Å². The number of hydrogen-bond donors (Lipinski definition) is 1. The van der Waals surface area contributed by atoms with Crippen LogP contribution in [0.2, 0.25) is 0 Å². The predicted molar refractivity (Wildman–Crippen MR) is 116 cm³/mol. The monoisotopic (exact) mass is 434 g/mol. The Morgan fingerprint density at radius 2 is 1.86 bits per heavy atom. The predicted octanol–water partition coefficient (Wildman–Crippen LogP) is 3.21. The summed E-state index contributed by atoms with van der Waals surface area (Å²) in [4.78, 5) is 13.7. The van der Waals surface area contributed by atoms with E-state index in [1.54, 1.807) is 36.4 Å². The summed E-state index contributed by atoms with van der Waals surface area (Å²) in [6, 6.07) is 13.8. The molecule has 1 aliphatic rings. The summed E-state index contributed by atoms with van der Waals surface area (Å²) >= 11 is 1.54. The van der Waals surface area contributed by atoms with Crippen LogP contribution in [0, 0.1) is 6.92 Å². The lowest BCUT2D eigenvalue weighted by atomic mass is 10.2. The van der Waals surface area contributed by atoms with Gasteiger partial charge < -0.3 is 10.1 Å². The average molecular weight is 435 g/mol. The van der Waals surface area contributed by atoms with Gasteiger partial charge in [-0.25, -0.2) is 8.42 Å². The first-order chi connectivity index (χ1) is 13.9. The number of rotatable bonds is 8. The molecule has 1 aliphatic heterocycles. The van der Waals surface area contributed by atoms with E-state index in [0.29, 0.717) is 18.8 Å². The summed E-state index contributed by atoms with van der Waals surface area (Å²) < 4.78 is 33.3. The van der Waals surface area contributed by atoms with E-state index in [1.165, 1.54) is 11.8 Å². The van der Waals surface area contributed by atoms with Crippen molar-refractivity contribution >= 4 is 33.4 Å². The van der Waals surface area contributed by atoms with Crippen LogP contribution in [0.1, 0.15) is 18.4 Å². The topological polar surface area (TPSA) is 75.7 Å². The molecule has 1 fully saturated rings. The molecular formula is C21H26N2O4S2. The number of aryl methyl sites for hydroxylation is 1. The minimum Gasteiger partial charge on any atom is -0.376 e. The Balaban J connectivity index is 1.83. The maximum absolute atomic E-state index is 13.3. The summed E-state index contributed by atoms with van der Waals surface area (Å²) in [6.45, 7) is 2.74. The first kappa shape index (κ1) is 21.7. The lowest BCUT2D eigenvalue weighted by Crippen LogP contribution is -2.42. The van der Waals surface area contributed by atoms with Gasteiger partial charge in [0, 0.05) is 18.0 Å². The first-order valence-corrected chi connectivity index (χ1v) is 12.2. The van der Waals surface area contributed by atoms with E-state index in [9.17, 15) is 13.2 Å². The van der Waals surface area contributed by atoms with Gasteiger partial charge in [-0.3, -0.25) is 9.10 Å². The molecule has 0 saturated carbocycles. The lowest BCUT2D eigenvalue weighted by Gasteiger charge is -2.24. The van der Waals surface area contributed by atoms with Crippen molar-refractivity contribution < 1.29 is 17.9 Å². The molecule has 2 aromatic rings. The Kier molecular flexibility index (Phi) is 7.21. The third-order valence-corrected chi connectivity index (χ3v) is 7.34. The number of carbonyl (C=O) groups excluding carboxylic acids is 1. The van der Waals surface area contributed by atoms with E-state index in [2.05, 4.69) is 5.32 Å². The van der Waals surface area contributed by atoms with Crippen LogP contribution in [-0.2, 0) is 19.6 Å². The number of amides is 1. The van der Waals surface area contributed by atoms with Crippen LogP contribution in [0.5, 0.6) is 0 Å². The van der Waals surface area contributed by atoms with Gasteiger partial charge in [-0.1, -0.05) is 17.7 Å². The van der Waals surface area contributed by atoms with Crippen molar-refractivity contribution in [2.45, 2.75) is 35.7 Å². The highest BCUT2D eigenvalue weighted by Crippen LogP contribution is 2.25. The highest BCUT2D eigenvalue weighted by atomic mass is 32.2. The minimum atomic E-state index is -3.89. The summed E-state index contributed by atoms with van der Waals surface area (Å²) in [5.41, 5.74) is 1.47. The number of benzene rings is 2. The Bertz CT molecular complexity index is 922. The van der Waals surface area contributed by atoms with Gasteiger partial charge in [-0.15, -0.1) is 11.8 Å². The Morgan fingerprint density at radius 1 is 1.17 bits per heavy atom. The number of nitrogens with zero attached hydrogens (tertiary/aromatic N) is 1. The molecule has 1 atom stereocenters. The Morgan fingerprint density at radius 3 is 2.45 bits per heavy atom. The van der Waals surface area contributed by atoms with Gasteiger partial charge in [0.05, 0.1) is 16.7 Å². The normalized spacial score (nSPS) is 16.6. The van der Waals surface area contributed by atoms with E-state index >= 15 is 0 Å². The van der Waals surface area contributed by atoms with Crippen LogP contribution in [0.4, 0.5) is 5.69 Å². The van der Waals surface area contributed by atoms with Crippen molar-refractivity contribution in [3.8, 4) is 0 Å². The molecule has 29 heavy (non-hydrogen) atoms. The molecule has 0 aliphatic carbocycles. The fraction of sp³-hybridized carbons (Fsp3) is 0.381. The van der Waals surface area contributed by atoms with Crippen LogP contribution in [0.3, 0.4) is 0 Å². The molecule has 1 N–H and O–H groups in total. The van der Waals surface area contributed by atoms with Crippen molar-refractivity contribution in [3.05, 3.63) is 54.1 Å². The second-order valence-electron chi connectivity index (χ2n) is 6.96. The number of thioether (sulfide) groups is 1. The van der Waals surface area contributed by atoms with E-state index in [4.69, 9.17) is 4.74 Å². The van der Waals surface area contributed by atoms with E-state index in [-0.39, 0.29) is 23.5 Å². The molecule has 156 valence electrons. The molecule has 1 heterocycles. The molecular weight excluding hydrogens is 408 g/mol. The van der Waals surface area contributed by atoms with Gasteiger partial charge in [-0.2, -0.15) is 0 Å². The molecule has 0 bridgehead atoms. The first-order valence-electron chi connectivity index (χ1n) is 9.52. The third-order valence-electron chi connectivity index (χ3n) is 4.81. The number of sulfonamides is 1. The molecule has 1 unspecified atom stereocenters. The largest absolute Gasteiger partial charge is 0.376 e. The Hall–Kier alpha value is -2.03. The number of carbonyl (C=O) groups is 1. The number of ether oxygens (including phenoxy) is 1. The zero-order valence-electron chi connectivity index (χ0n) is 16.6. The number of nitrogens with one attached hydrogen (secondary N) is 1. The zero-order chi connectivity index (χ0) is 20.9. The maximum Gasteiger partial charge on any atom is 0.264 e. The Labute approximate surface area is 176 Å². The fourth-order valence-corrected chi connectivity index (χ4v) is 4.95. The van der Waals surface area contributed by atoms with Crippen LogP contribution < -0.4 is 9.62 Å². The average Bonchev–Trinajstić information content (AvgIpc) is 3.25. The van der Waals surface area contributed by atoms with Gasteiger partial charge >= 0.3 is 0 Å². The van der Waals surface area contributed by atoms with Crippen molar-refractivity contribution in [2.24, 2.45) is 0 Å². The quantitative estimate of drug-likeness (QED) is 0.646. The summed E-state index contributed by atoms with van der Waals surface area (Å²) in [6.07, 6.45) is 3.82. The summed E-state index contributed by atoms with van der Waals surface area (Å²) in [5, 5.41) is 2.80. The van der Waals surface area contributed by atoms with Crippen LogP contribution in [0.25, 0.3) is 0 Å². The molecule has 0 radical (unpaired) electrons. The fourth-order valence-electron chi connectivity index (χ4n) is 3.12. The zero-order valence-corrected chi connectivity index (χ0v) is 18.3. The van der Waals surface area contributed by atoms with Gasteiger partial charge in [-0.05, 0) is 62.4 Å². The molecule has 1 amide bonds. The summed E-state index contributed by atoms with van der Waals surface area (Å²) in [5.74, 6) is -0.356. The SMILES string of the molecule is CSc1ccc(S(=O)(=O)N(CC(=O)NCC2CCCO2)c2ccc(C)cc2)cc1.